The van der Waals surface area contributed by atoms with Gasteiger partial charge >= 0.3 is 0 Å². The molecule has 0 saturated carbocycles. The van der Waals surface area contributed by atoms with Gasteiger partial charge in [0.2, 0.25) is 5.91 Å². The Kier molecular flexibility index (Phi) is 44.0. The van der Waals surface area contributed by atoms with Crippen molar-refractivity contribution in [3.8, 4) is 0 Å². The highest BCUT2D eigenvalue weighted by Crippen LogP contribution is 2.23. The summed E-state index contributed by atoms with van der Waals surface area (Å²) in [5.74, 6) is -0.175. The van der Waals surface area contributed by atoms with E-state index in [1.807, 2.05) is 6.08 Å². The summed E-state index contributed by atoms with van der Waals surface area (Å²) in [4.78, 5) is 13.0. The maximum absolute atomic E-state index is 13.0. The van der Waals surface area contributed by atoms with Crippen molar-refractivity contribution >= 4 is 5.91 Å². The van der Waals surface area contributed by atoms with E-state index in [-0.39, 0.29) is 12.5 Å². The predicted molar refractivity (Wildman–Crippen MR) is 272 cm³/mol. The lowest BCUT2D eigenvalue weighted by atomic mass is 9.99. The number of hydrogen-bond donors (Lipinski definition) is 6. The number of nitrogens with one attached hydrogen (secondary N) is 1. The van der Waals surface area contributed by atoms with Gasteiger partial charge in [-0.2, -0.15) is 0 Å². The van der Waals surface area contributed by atoms with Crippen LogP contribution in [-0.4, -0.2) is 87.5 Å². The van der Waals surface area contributed by atoms with Gasteiger partial charge in [-0.1, -0.05) is 244 Å². The third kappa shape index (κ3) is 36.3. The third-order valence-corrected chi connectivity index (χ3v) is 13.5. The fourth-order valence-corrected chi connectivity index (χ4v) is 9.04. The Balaban J connectivity index is 2.08. The van der Waals surface area contributed by atoms with Crippen LogP contribution in [0, 0.1) is 0 Å². The second-order valence-corrected chi connectivity index (χ2v) is 19.7. The first kappa shape index (κ1) is 61.7. The summed E-state index contributed by atoms with van der Waals surface area (Å²) >= 11 is 0. The molecule has 1 fully saturated rings. The van der Waals surface area contributed by atoms with E-state index in [1.165, 1.54) is 212 Å². The van der Waals surface area contributed by atoms with Crippen molar-refractivity contribution in [2.45, 2.75) is 314 Å². The topological polar surface area (TPSA) is 149 Å². The maximum Gasteiger partial charge on any atom is 0.220 e. The van der Waals surface area contributed by atoms with Crippen LogP contribution in [0.4, 0.5) is 0 Å². The number of carbonyl (C=O) groups excluding carboxylic acids is 1. The maximum atomic E-state index is 13.0. The minimum absolute atomic E-state index is 0.175. The molecule has 65 heavy (non-hydrogen) atoms. The quantitative estimate of drug-likeness (QED) is 0.0261. The third-order valence-electron chi connectivity index (χ3n) is 13.5. The average molecular weight is 922 g/mol. The van der Waals surface area contributed by atoms with Crippen molar-refractivity contribution in [1.29, 1.82) is 0 Å². The SMILES string of the molecule is CCCCCCCCCC/C=C/C(O)C(COC1OC(CO)C(O)C(O)C1O)NC(=O)CCCCCCCCCCCCCCCCCC/C=C\CCCCCCCCCCCCCC. The van der Waals surface area contributed by atoms with E-state index in [0.717, 1.165) is 38.5 Å². The second-order valence-electron chi connectivity index (χ2n) is 19.7. The molecule has 1 saturated heterocycles. The van der Waals surface area contributed by atoms with E-state index < -0.39 is 49.5 Å². The normalized spacial score (nSPS) is 20.0. The Morgan fingerprint density at radius 1 is 0.508 bits per heavy atom. The number of amides is 1. The first-order chi connectivity index (χ1) is 31.8. The van der Waals surface area contributed by atoms with Gasteiger partial charge in [0, 0.05) is 6.42 Å². The number of allylic oxidation sites excluding steroid dienone is 3. The number of aliphatic hydroxyl groups is 5. The number of aliphatic hydroxyl groups excluding tert-OH is 5. The van der Waals surface area contributed by atoms with Crippen LogP contribution in [0.5, 0.6) is 0 Å². The molecule has 0 aromatic rings. The molecule has 0 radical (unpaired) electrons. The predicted octanol–water partition coefficient (Wildman–Crippen LogP) is 13.4. The highest BCUT2D eigenvalue weighted by atomic mass is 16.7. The molecular weight excluding hydrogens is 815 g/mol. The van der Waals surface area contributed by atoms with Crippen molar-refractivity contribution in [3.05, 3.63) is 24.3 Å². The smallest absolute Gasteiger partial charge is 0.220 e. The van der Waals surface area contributed by atoms with Gasteiger partial charge in [0.1, 0.15) is 24.4 Å². The number of ether oxygens (including phenoxy) is 2. The van der Waals surface area contributed by atoms with Gasteiger partial charge in [0.15, 0.2) is 6.29 Å². The summed E-state index contributed by atoms with van der Waals surface area (Å²) < 4.78 is 11.2. The Labute approximate surface area is 400 Å². The lowest BCUT2D eigenvalue weighted by Crippen LogP contribution is -2.60. The zero-order chi connectivity index (χ0) is 47.3. The van der Waals surface area contributed by atoms with E-state index in [0.29, 0.717) is 6.42 Å². The van der Waals surface area contributed by atoms with Crippen LogP contribution in [-0.2, 0) is 14.3 Å². The van der Waals surface area contributed by atoms with Crippen molar-refractivity contribution in [2.75, 3.05) is 13.2 Å². The monoisotopic (exact) mass is 922 g/mol. The number of rotatable bonds is 48. The minimum atomic E-state index is -1.56. The Bertz CT molecular complexity index is 1070. The van der Waals surface area contributed by atoms with Crippen LogP contribution in [0.2, 0.25) is 0 Å². The van der Waals surface area contributed by atoms with Gasteiger partial charge in [0.05, 0.1) is 25.4 Å². The van der Waals surface area contributed by atoms with E-state index in [4.69, 9.17) is 9.47 Å². The lowest BCUT2D eigenvalue weighted by Gasteiger charge is -2.40. The molecule has 0 spiro atoms. The van der Waals surface area contributed by atoms with Crippen LogP contribution in [0.3, 0.4) is 0 Å². The Hall–Kier alpha value is -1.33. The van der Waals surface area contributed by atoms with Gasteiger partial charge in [-0.15, -0.1) is 0 Å². The van der Waals surface area contributed by atoms with Crippen LogP contribution in [0.15, 0.2) is 24.3 Å². The molecule has 0 aromatic heterocycles. The lowest BCUT2D eigenvalue weighted by molar-refractivity contribution is -0.302. The number of carbonyl (C=O) groups is 1. The zero-order valence-corrected chi connectivity index (χ0v) is 42.5. The van der Waals surface area contributed by atoms with Crippen molar-refractivity contribution in [3.63, 3.8) is 0 Å². The number of hydrogen-bond acceptors (Lipinski definition) is 8. The summed E-state index contributed by atoms with van der Waals surface area (Å²) in [6.07, 6.45) is 51.3. The van der Waals surface area contributed by atoms with Gasteiger partial charge in [-0.25, -0.2) is 0 Å². The first-order valence-electron chi connectivity index (χ1n) is 28.1. The number of unbranched alkanes of at least 4 members (excludes halogenated alkanes) is 36. The summed E-state index contributed by atoms with van der Waals surface area (Å²) in [6.45, 7) is 3.77. The van der Waals surface area contributed by atoms with Crippen LogP contribution in [0.25, 0.3) is 0 Å². The molecule has 7 atom stereocenters. The molecule has 1 aliphatic heterocycles. The molecule has 6 N–H and O–H groups in total. The van der Waals surface area contributed by atoms with Crippen molar-refractivity contribution in [1.82, 2.24) is 5.32 Å². The van der Waals surface area contributed by atoms with Gasteiger partial charge in [0.25, 0.3) is 0 Å². The molecule has 1 heterocycles. The molecule has 1 aliphatic rings. The van der Waals surface area contributed by atoms with Crippen LogP contribution < -0.4 is 5.32 Å². The fraction of sp³-hybridized carbons (Fsp3) is 0.911. The first-order valence-corrected chi connectivity index (χ1v) is 28.1. The van der Waals surface area contributed by atoms with Crippen LogP contribution in [0.1, 0.15) is 271 Å². The highest BCUT2D eigenvalue weighted by Gasteiger charge is 2.44. The Morgan fingerprint density at radius 2 is 0.862 bits per heavy atom. The molecule has 0 aliphatic carbocycles. The van der Waals surface area contributed by atoms with Gasteiger partial charge in [-0.3, -0.25) is 4.79 Å². The summed E-state index contributed by atoms with van der Waals surface area (Å²) in [7, 11) is 0. The fourth-order valence-electron chi connectivity index (χ4n) is 9.04. The molecule has 1 rings (SSSR count). The van der Waals surface area contributed by atoms with Gasteiger partial charge < -0.3 is 40.3 Å². The van der Waals surface area contributed by atoms with Crippen molar-refractivity contribution in [2.24, 2.45) is 0 Å². The molecule has 0 bridgehead atoms. The average Bonchev–Trinajstić information content (AvgIpc) is 3.31. The summed E-state index contributed by atoms with van der Waals surface area (Å²) in [5, 5.41) is 54.2. The molecule has 9 heteroatoms. The Morgan fingerprint density at radius 3 is 1.25 bits per heavy atom. The van der Waals surface area contributed by atoms with Crippen molar-refractivity contribution < 1.29 is 39.8 Å². The van der Waals surface area contributed by atoms with E-state index in [2.05, 4.69) is 31.3 Å². The molecule has 9 nitrogen and oxygen atoms in total. The van der Waals surface area contributed by atoms with Crippen LogP contribution >= 0.6 is 0 Å². The van der Waals surface area contributed by atoms with E-state index in [9.17, 15) is 30.3 Å². The minimum Gasteiger partial charge on any atom is -0.394 e. The van der Waals surface area contributed by atoms with Gasteiger partial charge in [-0.05, 0) is 44.9 Å². The standard InChI is InChI=1S/C56H107NO8/c1-3-5-7-9-11-13-15-16-17-18-19-20-21-22-23-24-25-26-27-28-29-30-31-32-33-34-35-36-38-40-42-44-46-52(60)57-49(48-64-56-55(63)54(62)53(61)51(47-58)65-56)50(59)45-43-41-39-37-14-12-10-8-6-4-2/h22-23,43,45,49-51,53-56,58-59,61-63H,3-21,24-42,44,46-48H2,1-2H3,(H,57,60)/b23-22-,45-43+. The molecule has 1 amide bonds. The van der Waals surface area contributed by atoms with E-state index >= 15 is 0 Å². The highest BCUT2D eigenvalue weighted by molar-refractivity contribution is 5.76. The zero-order valence-electron chi connectivity index (χ0n) is 42.5. The summed E-state index contributed by atoms with van der Waals surface area (Å²) in [5.41, 5.74) is 0. The largest absolute Gasteiger partial charge is 0.394 e. The molecule has 7 unspecified atom stereocenters. The molecule has 384 valence electrons. The molecular formula is C56H107NO8. The summed E-state index contributed by atoms with van der Waals surface area (Å²) in [6, 6.07) is -0.800. The van der Waals surface area contributed by atoms with E-state index in [1.54, 1.807) is 6.08 Å². The molecule has 0 aromatic carbocycles. The second kappa shape index (κ2) is 46.4.